The fourth-order valence-electron chi connectivity index (χ4n) is 2.67. The Hall–Kier alpha value is -0.300. The standard InChI is InChI=1S/C10H16O/c1-6(11)7-4-5-8-9(7)10(8,2)3/h4,6,8-9,11H,5H2,1-3H3. The quantitative estimate of drug-likeness (QED) is 0.569. The van der Waals surface area contributed by atoms with Crippen LogP contribution in [-0.4, -0.2) is 11.2 Å². The van der Waals surface area contributed by atoms with Gasteiger partial charge in [-0.15, -0.1) is 0 Å². The molecule has 0 saturated heterocycles. The summed E-state index contributed by atoms with van der Waals surface area (Å²) in [4.78, 5) is 0. The van der Waals surface area contributed by atoms with Crippen LogP contribution in [0.25, 0.3) is 0 Å². The van der Waals surface area contributed by atoms with E-state index in [9.17, 15) is 5.11 Å². The average Bonchev–Trinajstić information content (AvgIpc) is 2.34. The van der Waals surface area contributed by atoms with Gasteiger partial charge in [0.1, 0.15) is 0 Å². The minimum Gasteiger partial charge on any atom is -0.389 e. The highest BCUT2D eigenvalue weighted by Gasteiger charge is 2.61. The summed E-state index contributed by atoms with van der Waals surface area (Å²) >= 11 is 0. The van der Waals surface area contributed by atoms with E-state index in [-0.39, 0.29) is 6.10 Å². The summed E-state index contributed by atoms with van der Waals surface area (Å²) in [5.41, 5.74) is 1.78. The molecule has 0 aromatic carbocycles. The van der Waals surface area contributed by atoms with E-state index in [1.54, 1.807) is 0 Å². The van der Waals surface area contributed by atoms with E-state index in [0.29, 0.717) is 11.3 Å². The molecule has 1 nitrogen and oxygen atoms in total. The molecule has 2 rings (SSSR count). The Morgan fingerprint density at radius 1 is 1.64 bits per heavy atom. The van der Waals surface area contributed by atoms with Crippen LogP contribution in [0.5, 0.6) is 0 Å². The SMILES string of the molecule is CC(O)C1=CCC2C1C2(C)C. The van der Waals surface area contributed by atoms with Crippen molar-refractivity contribution in [3.05, 3.63) is 11.6 Å². The van der Waals surface area contributed by atoms with E-state index in [4.69, 9.17) is 0 Å². The van der Waals surface area contributed by atoms with E-state index >= 15 is 0 Å². The Morgan fingerprint density at radius 3 is 2.55 bits per heavy atom. The molecular weight excluding hydrogens is 136 g/mol. The summed E-state index contributed by atoms with van der Waals surface area (Å²) in [5.74, 6) is 1.54. The third-order valence-electron chi connectivity index (χ3n) is 3.50. The van der Waals surface area contributed by atoms with Gasteiger partial charge in [-0.3, -0.25) is 0 Å². The Kier molecular flexibility index (Phi) is 1.26. The highest BCUT2D eigenvalue weighted by atomic mass is 16.3. The summed E-state index contributed by atoms with van der Waals surface area (Å²) in [7, 11) is 0. The summed E-state index contributed by atoms with van der Waals surface area (Å²) in [6, 6.07) is 0. The maximum atomic E-state index is 9.41. The molecule has 11 heavy (non-hydrogen) atoms. The lowest BCUT2D eigenvalue weighted by Crippen LogP contribution is -2.08. The first-order valence-corrected chi connectivity index (χ1v) is 4.43. The van der Waals surface area contributed by atoms with Crippen molar-refractivity contribution in [1.82, 2.24) is 0 Å². The zero-order valence-corrected chi connectivity index (χ0v) is 7.46. The molecule has 1 saturated carbocycles. The second-order valence-electron chi connectivity index (χ2n) is 4.52. The Bertz CT molecular complexity index is 213. The minimum atomic E-state index is -0.216. The van der Waals surface area contributed by atoms with E-state index in [0.717, 1.165) is 5.92 Å². The third-order valence-corrected chi connectivity index (χ3v) is 3.50. The highest BCUT2D eigenvalue weighted by molar-refractivity contribution is 5.32. The summed E-state index contributed by atoms with van der Waals surface area (Å²) in [6.07, 6.45) is 3.20. The van der Waals surface area contributed by atoms with Crippen LogP contribution in [0, 0.1) is 17.3 Å². The van der Waals surface area contributed by atoms with Crippen molar-refractivity contribution in [2.24, 2.45) is 17.3 Å². The number of aliphatic hydroxyl groups excluding tert-OH is 1. The van der Waals surface area contributed by atoms with Crippen molar-refractivity contribution in [1.29, 1.82) is 0 Å². The lowest BCUT2D eigenvalue weighted by atomic mass is 9.98. The van der Waals surface area contributed by atoms with Crippen molar-refractivity contribution in [2.75, 3.05) is 0 Å². The van der Waals surface area contributed by atoms with Gasteiger partial charge in [0, 0.05) is 0 Å². The van der Waals surface area contributed by atoms with Crippen LogP contribution in [0.4, 0.5) is 0 Å². The van der Waals surface area contributed by atoms with Gasteiger partial charge in [-0.05, 0) is 36.2 Å². The van der Waals surface area contributed by atoms with E-state index < -0.39 is 0 Å². The predicted octanol–water partition coefficient (Wildman–Crippen LogP) is 1.97. The van der Waals surface area contributed by atoms with Gasteiger partial charge in [0.25, 0.3) is 0 Å². The minimum absolute atomic E-state index is 0.216. The fourth-order valence-corrected chi connectivity index (χ4v) is 2.67. The maximum absolute atomic E-state index is 9.41. The van der Waals surface area contributed by atoms with Gasteiger partial charge in [0.2, 0.25) is 0 Å². The first-order valence-electron chi connectivity index (χ1n) is 4.43. The number of aliphatic hydroxyl groups is 1. The van der Waals surface area contributed by atoms with Crippen molar-refractivity contribution >= 4 is 0 Å². The van der Waals surface area contributed by atoms with E-state index in [2.05, 4.69) is 19.9 Å². The molecular formula is C10H16O. The fraction of sp³-hybridized carbons (Fsp3) is 0.800. The predicted molar refractivity (Wildman–Crippen MR) is 45.1 cm³/mol. The van der Waals surface area contributed by atoms with E-state index in [1.807, 2.05) is 6.92 Å². The molecule has 1 fully saturated rings. The number of rotatable bonds is 1. The molecule has 0 aromatic rings. The molecule has 1 heteroatoms. The summed E-state index contributed by atoms with van der Waals surface area (Å²) in [5, 5.41) is 9.41. The van der Waals surface area contributed by atoms with Crippen LogP contribution < -0.4 is 0 Å². The lowest BCUT2D eigenvalue weighted by Gasteiger charge is -2.11. The average molecular weight is 152 g/mol. The van der Waals surface area contributed by atoms with Crippen LogP contribution in [0.1, 0.15) is 27.2 Å². The molecule has 3 atom stereocenters. The monoisotopic (exact) mass is 152 g/mol. The van der Waals surface area contributed by atoms with Crippen molar-refractivity contribution in [2.45, 2.75) is 33.3 Å². The Labute approximate surface area is 68.1 Å². The Balaban J connectivity index is 2.17. The van der Waals surface area contributed by atoms with Gasteiger partial charge in [-0.25, -0.2) is 0 Å². The molecule has 0 heterocycles. The van der Waals surface area contributed by atoms with Crippen LogP contribution in [0.15, 0.2) is 11.6 Å². The molecule has 2 aliphatic rings. The summed E-state index contributed by atoms with van der Waals surface area (Å²) in [6.45, 7) is 6.48. The summed E-state index contributed by atoms with van der Waals surface area (Å²) < 4.78 is 0. The lowest BCUT2D eigenvalue weighted by molar-refractivity contribution is 0.222. The molecule has 3 unspecified atom stereocenters. The topological polar surface area (TPSA) is 20.2 Å². The molecule has 0 radical (unpaired) electrons. The number of allylic oxidation sites excluding steroid dienone is 1. The number of fused-ring (bicyclic) bond motifs is 1. The van der Waals surface area contributed by atoms with Crippen molar-refractivity contribution in [3.63, 3.8) is 0 Å². The molecule has 62 valence electrons. The number of hydrogen-bond acceptors (Lipinski definition) is 1. The molecule has 0 bridgehead atoms. The normalized spacial score (nSPS) is 41.3. The van der Waals surface area contributed by atoms with Crippen LogP contribution in [0.2, 0.25) is 0 Å². The van der Waals surface area contributed by atoms with Gasteiger partial charge in [0.05, 0.1) is 6.10 Å². The van der Waals surface area contributed by atoms with Gasteiger partial charge < -0.3 is 5.11 Å². The van der Waals surface area contributed by atoms with Gasteiger partial charge >= 0.3 is 0 Å². The third kappa shape index (κ3) is 0.807. The second kappa shape index (κ2) is 1.89. The van der Waals surface area contributed by atoms with Crippen molar-refractivity contribution in [3.8, 4) is 0 Å². The molecule has 0 aliphatic heterocycles. The first-order chi connectivity index (χ1) is 5.05. The zero-order valence-electron chi connectivity index (χ0n) is 7.46. The van der Waals surface area contributed by atoms with Crippen molar-refractivity contribution < 1.29 is 5.11 Å². The molecule has 2 aliphatic carbocycles. The van der Waals surface area contributed by atoms with Gasteiger partial charge in [-0.1, -0.05) is 19.9 Å². The van der Waals surface area contributed by atoms with Crippen LogP contribution in [0.3, 0.4) is 0 Å². The van der Waals surface area contributed by atoms with Crippen LogP contribution >= 0.6 is 0 Å². The molecule has 0 aromatic heterocycles. The Morgan fingerprint density at radius 2 is 2.27 bits per heavy atom. The zero-order chi connectivity index (χ0) is 8.22. The number of hydrogen-bond donors (Lipinski definition) is 1. The molecule has 0 spiro atoms. The molecule has 0 amide bonds. The smallest absolute Gasteiger partial charge is 0.0724 e. The first kappa shape index (κ1) is 7.35. The van der Waals surface area contributed by atoms with E-state index in [1.165, 1.54) is 12.0 Å². The van der Waals surface area contributed by atoms with Gasteiger partial charge in [0.15, 0.2) is 0 Å². The largest absolute Gasteiger partial charge is 0.389 e. The van der Waals surface area contributed by atoms with Crippen LogP contribution in [-0.2, 0) is 0 Å². The highest BCUT2D eigenvalue weighted by Crippen LogP contribution is 2.67. The second-order valence-corrected chi connectivity index (χ2v) is 4.52. The maximum Gasteiger partial charge on any atom is 0.0724 e. The van der Waals surface area contributed by atoms with Gasteiger partial charge in [-0.2, -0.15) is 0 Å². The molecule has 1 N–H and O–H groups in total.